The van der Waals surface area contributed by atoms with Crippen LogP contribution in [-0.4, -0.2) is 12.8 Å². The van der Waals surface area contributed by atoms with E-state index in [0.29, 0.717) is 0 Å². The minimum absolute atomic E-state index is 0.521. The van der Waals surface area contributed by atoms with E-state index in [4.69, 9.17) is 10.3 Å². The van der Waals surface area contributed by atoms with Crippen LogP contribution in [0.2, 0.25) is 0 Å². The highest BCUT2D eigenvalue weighted by Crippen LogP contribution is 2.32. The summed E-state index contributed by atoms with van der Waals surface area (Å²) in [6, 6.07) is 0. The van der Waals surface area contributed by atoms with Crippen LogP contribution in [0.1, 0.15) is 32.1 Å². The van der Waals surface area contributed by atoms with Crippen molar-refractivity contribution in [1.82, 2.24) is 0 Å². The second-order valence-electron chi connectivity index (χ2n) is 2.90. The van der Waals surface area contributed by atoms with Crippen molar-refractivity contribution in [1.29, 1.82) is 0 Å². The van der Waals surface area contributed by atoms with Gasteiger partial charge in [-0.25, -0.2) is 0 Å². The van der Waals surface area contributed by atoms with Crippen molar-refractivity contribution in [2.75, 3.05) is 7.11 Å². The molecule has 62 valence electrons. The average molecular weight is 155 g/mol. The van der Waals surface area contributed by atoms with Crippen molar-refractivity contribution in [2.45, 2.75) is 37.8 Å². The Morgan fingerprint density at radius 2 is 2.00 bits per heavy atom. The smallest absolute Gasteiger partial charge is 0.146 e. The van der Waals surface area contributed by atoms with E-state index in [1.165, 1.54) is 6.42 Å². The molecule has 0 aliphatic heterocycles. The van der Waals surface area contributed by atoms with Gasteiger partial charge in [0.2, 0.25) is 0 Å². The highest BCUT2D eigenvalue weighted by atomic mass is 16.5. The van der Waals surface area contributed by atoms with Gasteiger partial charge in [-0.05, 0) is 18.4 Å². The molecule has 1 rings (SSSR count). The van der Waals surface area contributed by atoms with Gasteiger partial charge in [0.05, 0.1) is 0 Å². The third-order valence-corrected chi connectivity index (χ3v) is 2.24. The summed E-state index contributed by atoms with van der Waals surface area (Å²) in [5.74, 6) is 0. The predicted octanol–water partition coefficient (Wildman–Crippen LogP) is 2.60. The average Bonchev–Trinajstić information content (AvgIpc) is 2.07. The van der Waals surface area contributed by atoms with E-state index in [9.17, 15) is 0 Å². The SMILES string of the molecule is COC1(N=[N+]=[N-])CCCCC1. The Kier molecular flexibility index (Phi) is 2.74. The summed E-state index contributed by atoms with van der Waals surface area (Å²) in [5, 5.41) is 3.69. The van der Waals surface area contributed by atoms with E-state index < -0.39 is 5.72 Å². The number of rotatable bonds is 2. The molecule has 0 saturated heterocycles. The van der Waals surface area contributed by atoms with Gasteiger partial charge < -0.3 is 4.74 Å². The highest BCUT2D eigenvalue weighted by Gasteiger charge is 2.30. The minimum atomic E-state index is -0.521. The largest absolute Gasteiger partial charge is 0.372 e. The Hall–Kier alpha value is -0.730. The topological polar surface area (TPSA) is 58.0 Å². The van der Waals surface area contributed by atoms with Gasteiger partial charge in [-0.15, -0.1) is 0 Å². The first kappa shape index (κ1) is 8.37. The lowest BCUT2D eigenvalue weighted by Crippen LogP contribution is -2.30. The van der Waals surface area contributed by atoms with Gasteiger partial charge in [-0.1, -0.05) is 24.4 Å². The maximum atomic E-state index is 8.29. The number of azide groups is 1. The van der Waals surface area contributed by atoms with Crippen LogP contribution in [0.3, 0.4) is 0 Å². The standard InChI is InChI=1S/C7H13N3O/c1-11-7(9-10-8)5-3-2-4-6-7/h2-6H2,1H3. The molecule has 4 nitrogen and oxygen atoms in total. The maximum Gasteiger partial charge on any atom is 0.146 e. The van der Waals surface area contributed by atoms with Crippen molar-refractivity contribution in [3.8, 4) is 0 Å². The van der Waals surface area contributed by atoms with Gasteiger partial charge in [0.1, 0.15) is 5.72 Å². The Morgan fingerprint density at radius 1 is 1.36 bits per heavy atom. The summed E-state index contributed by atoms with van der Waals surface area (Å²) in [6.07, 6.45) is 5.17. The molecule has 0 aromatic rings. The molecule has 4 heteroatoms. The van der Waals surface area contributed by atoms with Gasteiger partial charge >= 0.3 is 0 Å². The van der Waals surface area contributed by atoms with Gasteiger partial charge in [-0.3, -0.25) is 0 Å². The highest BCUT2D eigenvalue weighted by molar-refractivity contribution is 4.81. The molecule has 1 aliphatic rings. The third kappa shape index (κ3) is 1.85. The van der Waals surface area contributed by atoms with Gasteiger partial charge in [0, 0.05) is 12.0 Å². The fraction of sp³-hybridized carbons (Fsp3) is 1.00. The summed E-state index contributed by atoms with van der Waals surface area (Å²) in [7, 11) is 1.61. The second kappa shape index (κ2) is 3.60. The van der Waals surface area contributed by atoms with Crippen LogP contribution in [0, 0.1) is 0 Å². The molecule has 1 aliphatic carbocycles. The lowest BCUT2D eigenvalue weighted by atomic mass is 9.92. The van der Waals surface area contributed by atoms with E-state index in [1.54, 1.807) is 7.11 Å². The summed E-state index contributed by atoms with van der Waals surface area (Å²) in [5.41, 5.74) is 7.77. The van der Waals surface area contributed by atoms with Crippen LogP contribution < -0.4 is 0 Å². The lowest BCUT2D eigenvalue weighted by Gasteiger charge is -2.30. The van der Waals surface area contributed by atoms with Crippen LogP contribution in [0.5, 0.6) is 0 Å². The number of methoxy groups -OCH3 is 1. The van der Waals surface area contributed by atoms with Crippen molar-refractivity contribution in [3.05, 3.63) is 10.4 Å². The minimum Gasteiger partial charge on any atom is -0.372 e. The zero-order chi connectivity index (χ0) is 8.16. The quantitative estimate of drug-likeness (QED) is 0.343. The van der Waals surface area contributed by atoms with E-state index in [2.05, 4.69) is 10.0 Å². The summed E-state index contributed by atoms with van der Waals surface area (Å²) >= 11 is 0. The van der Waals surface area contributed by atoms with Crippen molar-refractivity contribution in [3.63, 3.8) is 0 Å². The molecule has 0 spiro atoms. The lowest BCUT2D eigenvalue weighted by molar-refractivity contribution is -0.0332. The molecule has 1 fully saturated rings. The third-order valence-electron chi connectivity index (χ3n) is 2.24. The van der Waals surface area contributed by atoms with Gasteiger partial charge in [-0.2, -0.15) is 0 Å². The maximum absolute atomic E-state index is 8.29. The number of hydrogen-bond donors (Lipinski definition) is 0. The van der Waals surface area contributed by atoms with Crippen LogP contribution in [0.25, 0.3) is 10.4 Å². The monoisotopic (exact) mass is 155 g/mol. The summed E-state index contributed by atoms with van der Waals surface area (Å²) in [6.45, 7) is 0. The van der Waals surface area contributed by atoms with Crippen molar-refractivity contribution >= 4 is 0 Å². The molecular formula is C7H13N3O. The fourth-order valence-electron chi connectivity index (χ4n) is 1.53. The molecular weight excluding hydrogens is 142 g/mol. The molecule has 0 aromatic heterocycles. The van der Waals surface area contributed by atoms with E-state index >= 15 is 0 Å². The molecule has 0 unspecified atom stereocenters. The van der Waals surface area contributed by atoms with E-state index in [1.807, 2.05) is 0 Å². The molecule has 0 N–H and O–H groups in total. The fourth-order valence-corrected chi connectivity index (χ4v) is 1.53. The molecule has 0 aromatic carbocycles. The molecule has 0 radical (unpaired) electrons. The zero-order valence-corrected chi connectivity index (χ0v) is 6.79. The molecule has 1 saturated carbocycles. The Labute approximate surface area is 66.2 Å². The first-order valence-electron chi connectivity index (χ1n) is 3.94. The molecule has 0 amide bonds. The Balaban J connectivity index is 2.64. The van der Waals surface area contributed by atoms with Crippen LogP contribution in [-0.2, 0) is 4.74 Å². The Bertz CT molecular complexity index is 169. The van der Waals surface area contributed by atoms with Crippen LogP contribution in [0.4, 0.5) is 0 Å². The molecule has 0 bridgehead atoms. The van der Waals surface area contributed by atoms with Crippen LogP contribution in [0.15, 0.2) is 5.11 Å². The van der Waals surface area contributed by atoms with Crippen molar-refractivity contribution < 1.29 is 4.74 Å². The first-order valence-corrected chi connectivity index (χ1v) is 3.94. The molecule has 11 heavy (non-hydrogen) atoms. The van der Waals surface area contributed by atoms with Crippen molar-refractivity contribution in [2.24, 2.45) is 5.11 Å². The van der Waals surface area contributed by atoms with E-state index in [0.717, 1.165) is 25.7 Å². The number of nitrogens with zero attached hydrogens (tertiary/aromatic N) is 3. The Morgan fingerprint density at radius 3 is 2.45 bits per heavy atom. The van der Waals surface area contributed by atoms with E-state index in [-0.39, 0.29) is 0 Å². The summed E-state index contributed by atoms with van der Waals surface area (Å²) in [4.78, 5) is 2.80. The number of hydrogen-bond acceptors (Lipinski definition) is 2. The number of ether oxygens (including phenoxy) is 1. The van der Waals surface area contributed by atoms with Crippen LogP contribution >= 0.6 is 0 Å². The van der Waals surface area contributed by atoms with Gasteiger partial charge in [0.15, 0.2) is 0 Å². The zero-order valence-electron chi connectivity index (χ0n) is 6.79. The summed E-state index contributed by atoms with van der Waals surface area (Å²) < 4.78 is 5.20. The first-order chi connectivity index (χ1) is 5.33. The normalized spacial score (nSPS) is 22.3. The molecule has 0 heterocycles. The van der Waals surface area contributed by atoms with Gasteiger partial charge in [0.25, 0.3) is 0 Å². The predicted molar refractivity (Wildman–Crippen MR) is 42.0 cm³/mol. The second-order valence-corrected chi connectivity index (χ2v) is 2.90. The molecule has 0 atom stereocenters.